The Morgan fingerprint density at radius 1 is 1.44 bits per heavy atom. The van der Waals surface area contributed by atoms with Crippen molar-refractivity contribution in [2.24, 2.45) is 17.6 Å². The van der Waals surface area contributed by atoms with E-state index in [1.807, 2.05) is 0 Å². The van der Waals surface area contributed by atoms with Crippen molar-refractivity contribution < 1.29 is 0 Å². The van der Waals surface area contributed by atoms with Crippen molar-refractivity contribution in [1.29, 1.82) is 0 Å². The van der Waals surface area contributed by atoms with Gasteiger partial charge in [-0.1, -0.05) is 13.8 Å². The van der Waals surface area contributed by atoms with E-state index in [9.17, 15) is 0 Å². The first-order valence-corrected chi connectivity index (χ1v) is 6.95. The van der Waals surface area contributed by atoms with Crippen LogP contribution in [0.2, 0.25) is 0 Å². The summed E-state index contributed by atoms with van der Waals surface area (Å²) < 4.78 is 0. The number of hydrogen-bond acceptors (Lipinski definition) is 3. The van der Waals surface area contributed by atoms with E-state index in [-0.39, 0.29) is 0 Å². The van der Waals surface area contributed by atoms with E-state index in [4.69, 9.17) is 5.73 Å². The van der Waals surface area contributed by atoms with Crippen LogP contribution in [0, 0.1) is 11.8 Å². The summed E-state index contributed by atoms with van der Waals surface area (Å²) in [6.07, 6.45) is 1.23. The van der Waals surface area contributed by atoms with Gasteiger partial charge in [0.2, 0.25) is 0 Å². The molecule has 3 heteroatoms. The number of rotatable bonds is 7. The van der Waals surface area contributed by atoms with Crippen LogP contribution >= 0.6 is 11.3 Å². The first-order valence-electron chi connectivity index (χ1n) is 6.01. The summed E-state index contributed by atoms with van der Waals surface area (Å²) >= 11 is 1.77. The summed E-state index contributed by atoms with van der Waals surface area (Å²) in [5.41, 5.74) is 7.23. The topological polar surface area (TPSA) is 29.3 Å². The second-order valence-corrected chi connectivity index (χ2v) is 5.84. The summed E-state index contributed by atoms with van der Waals surface area (Å²) in [4.78, 5) is 2.38. The number of thiophene rings is 1. The molecule has 1 aromatic heterocycles. The average molecular weight is 240 g/mol. The van der Waals surface area contributed by atoms with Crippen molar-refractivity contribution in [3.05, 3.63) is 22.4 Å². The standard InChI is InChI=1S/C13H24N2S/c1-11(2)6-13(7-14)9-15(3)8-12-4-5-16-10-12/h4-5,10-11,13H,6-9,14H2,1-3H3. The Kier molecular flexibility index (Phi) is 6.03. The van der Waals surface area contributed by atoms with E-state index >= 15 is 0 Å². The maximum Gasteiger partial charge on any atom is 0.0239 e. The van der Waals surface area contributed by atoms with Crippen molar-refractivity contribution in [2.75, 3.05) is 20.1 Å². The maximum absolute atomic E-state index is 5.82. The zero-order chi connectivity index (χ0) is 12.0. The second kappa shape index (κ2) is 7.05. The molecule has 0 aliphatic carbocycles. The zero-order valence-electron chi connectivity index (χ0n) is 10.6. The monoisotopic (exact) mass is 240 g/mol. The smallest absolute Gasteiger partial charge is 0.0239 e. The molecule has 0 radical (unpaired) electrons. The van der Waals surface area contributed by atoms with Crippen LogP contribution in [0.25, 0.3) is 0 Å². The maximum atomic E-state index is 5.82. The number of hydrogen-bond donors (Lipinski definition) is 1. The lowest BCUT2D eigenvalue weighted by Gasteiger charge is -2.24. The lowest BCUT2D eigenvalue weighted by Crippen LogP contribution is -2.30. The lowest BCUT2D eigenvalue weighted by atomic mass is 9.97. The van der Waals surface area contributed by atoms with Crippen LogP contribution in [0.4, 0.5) is 0 Å². The second-order valence-electron chi connectivity index (χ2n) is 5.06. The van der Waals surface area contributed by atoms with Crippen LogP contribution in [-0.4, -0.2) is 25.0 Å². The molecular formula is C13H24N2S. The van der Waals surface area contributed by atoms with Crippen LogP contribution in [0.1, 0.15) is 25.8 Å². The molecule has 0 spiro atoms. The molecule has 1 heterocycles. The molecule has 1 aromatic rings. The lowest BCUT2D eigenvalue weighted by molar-refractivity contribution is 0.250. The molecule has 1 rings (SSSR count). The van der Waals surface area contributed by atoms with Crippen LogP contribution in [0.5, 0.6) is 0 Å². The van der Waals surface area contributed by atoms with Crippen molar-refractivity contribution in [2.45, 2.75) is 26.8 Å². The number of nitrogens with zero attached hydrogens (tertiary/aromatic N) is 1. The van der Waals surface area contributed by atoms with Gasteiger partial charge in [-0.05, 0) is 54.2 Å². The van der Waals surface area contributed by atoms with Gasteiger partial charge in [-0.3, -0.25) is 0 Å². The Hall–Kier alpha value is -0.380. The summed E-state index contributed by atoms with van der Waals surface area (Å²) in [6, 6.07) is 2.20. The van der Waals surface area contributed by atoms with Gasteiger partial charge < -0.3 is 10.6 Å². The van der Waals surface area contributed by atoms with E-state index in [0.29, 0.717) is 5.92 Å². The molecule has 1 atom stereocenters. The van der Waals surface area contributed by atoms with Gasteiger partial charge >= 0.3 is 0 Å². The molecule has 1 unspecified atom stereocenters. The van der Waals surface area contributed by atoms with Crippen LogP contribution < -0.4 is 5.73 Å². The zero-order valence-corrected chi connectivity index (χ0v) is 11.5. The third-order valence-corrected chi connectivity index (χ3v) is 3.47. The highest BCUT2D eigenvalue weighted by Gasteiger charge is 2.12. The first-order chi connectivity index (χ1) is 7.61. The Morgan fingerprint density at radius 3 is 2.69 bits per heavy atom. The minimum atomic E-state index is 0.628. The molecule has 0 aromatic carbocycles. The molecule has 0 amide bonds. The van der Waals surface area contributed by atoms with Crippen LogP contribution in [-0.2, 0) is 6.54 Å². The predicted molar refractivity (Wildman–Crippen MR) is 72.7 cm³/mol. The molecular weight excluding hydrogens is 216 g/mol. The molecule has 0 bridgehead atoms. The largest absolute Gasteiger partial charge is 0.330 e. The van der Waals surface area contributed by atoms with Gasteiger partial charge in [0.05, 0.1) is 0 Å². The highest BCUT2D eigenvalue weighted by Crippen LogP contribution is 2.14. The summed E-state index contributed by atoms with van der Waals surface area (Å²) in [6.45, 7) is 7.47. The van der Waals surface area contributed by atoms with Gasteiger partial charge in [-0.15, -0.1) is 0 Å². The summed E-state index contributed by atoms with van der Waals surface area (Å²) in [7, 11) is 2.18. The molecule has 0 aliphatic heterocycles. The molecule has 0 fully saturated rings. The molecule has 2 nitrogen and oxygen atoms in total. The van der Waals surface area contributed by atoms with Crippen molar-refractivity contribution in [3.63, 3.8) is 0 Å². The van der Waals surface area contributed by atoms with Gasteiger partial charge in [0.1, 0.15) is 0 Å². The fraction of sp³-hybridized carbons (Fsp3) is 0.692. The van der Waals surface area contributed by atoms with Gasteiger partial charge in [-0.2, -0.15) is 11.3 Å². The van der Waals surface area contributed by atoms with E-state index in [1.165, 1.54) is 12.0 Å². The van der Waals surface area contributed by atoms with E-state index in [2.05, 4.69) is 42.6 Å². The summed E-state index contributed by atoms with van der Waals surface area (Å²) in [5, 5.41) is 4.36. The molecule has 2 N–H and O–H groups in total. The highest BCUT2D eigenvalue weighted by molar-refractivity contribution is 7.07. The van der Waals surface area contributed by atoms with Crippen molar-refractivity contribution in [1.82, 2.24) is 4.90 Å². The van der Waals surface area contributed by atoms with Gasteiger partial charge in [0.25, 0.3) is 0 Å². The first kappa shape index (κ1) is 13.7. The highest BCUT2D eigenvalue weighted by atomic mass is 32.1. The molecule has 0 saturated heterocycles. The quantitative estimate of drug-likeness (QED) is 0.794. The van der Waals surface area contributed by atoms with Gasteiger partial charge in [0, 0.05) is 13.1 Å². The Balaban J connectivity index is 2.34. The Bertz CT molecular complexity index is 269. The molecule has 0 aliphatic rings. The van der Waals surface area contributed by atoms with E-state index in [1.54, 1.807) is 11.3 Å². The predicted octanol–water partition coefficient (Wildman–Crippen LogP) is 2.80. The van der Waals surface area contributed by atoms with Crippen molar-refractivity contribution >= 4 is 11.3 Å². The van der Waals surface area contributed by atoms with E-state index in [0.717, 1.165) is 25.6 Å². The van der Waals surface area contributed by atoms with Crippen molar-refractivity contribution in [3.8, 4) is 0 Å². The summed E-state index contributed by atoms with van der Waals surface area (Å²) in [5.74, 6) is 1.37. The molecule has 92 valence electrons. The number of nitrogens with two attached hydrogens (primary N) is 1. The minimum Gasteiger partial charge on any atom is -0.330 e. The van der Waals surface area contributed by atoms with Crippen LogP contribution in [0.15, 0.2) is 16.8 Å². The third kappa shape index (κ3) is 5.10. The fourth-order valence-electron chi connectivity index (χ4n) is 2.11. The fourth-order valence-corrected chi connectivity index (χ4v) is 2.77. The third-order valence-electron chi connectivity index (χ3n) is 2.74. The van der Waals surface area contributed by atoms with E-state index < -0.39 is 0 Å². The Labute approximate surface area is 103 Å². The van der Waals surface area contributed by atoms with Gasteiger partial charge in [-0.25, -0.2) is 0 Å². The van der Waals surface area contributed by atoms with Gasteiger partial charge in [0.15, 0.2) is 0 Å². The normalized spacial score (nSPS) is 13.6. The van der Waals surface area contributed by atoms with Crippen LogP contribution in [0.3, 0.4) is 0 Å². The minimum absolute atomic E-state index is 0.628. The SMILES string of the molecule is CC(C)CC(CN)CN(C)Cc1ccsc1. The molecule has 0 saturated carbocycles. The Morgan fingerprint density at radius 2 is 2.19 bits per heavy atom. The molecule has 16 heavy (non-hydrogen) atoms. The average Bonchev–Trinajstić information content (AvgIpc) is 2.68.